The van der Waals surface area contributed by atoms with Gasteiger partial charge >= 0.3 is 0 Å². The Bertz CT molecular complexity index is 1240. The van der Waals surface area contributed by atoms with E-state index >= 15 is 0 Å². The third-order valence-corrected chi connectivity index (χ3v) is 6.07. The average molecular weight is 440 g/mol. The van der Waals surface area contributed by atoms with Crippen LogP contribution in [0, 0.1) is 0 Å². The van der Waals surface area contributed by atoms with Gasteiger partial charge < -0.3 is 9.84 Å². The summed E-state index contributed by atoms with van der Waals surface area (Å²) < 4.78 is 7.47. The Kier molecular flexibility index (Phi) is 5.60. The van der Waals surface area contributed by atoms with Crippen LogP contribution in [0.1, 0.15) is 31.9 Å². The first-order valence-corrected chi connectivity index (χ1v) is 10.2. The number of rotatable bonds is 4. The van der Waals surface area contributed by atoms with Gasteiger partial charge in [0.2, 0.25) is 0 Å². The summed E-state index contributed by atoms with van der Waals surface area (Å²) in [7, 11) is 1.65. The topological polar surface area (TPSA) is 75.8 Å². The number of benzene rings is 1. The van der Waals surface area contributed by atoms with Crippen molar-refractivity contribution >= 4 is 29.0 Å². The third kappa shape index (κ3) is 3.84. The van der Waals surface area contributed by atoms with E-state index in [9.17, 15) is 5.11 Å². The van der Waals surface area contributed by atoms with Gasteiger partial charge in [0.1, 0.15) is 17.0 Å². The molecular weight excluding hydrogens is 414 g/mol. The van der Waals surface area contributed by atoms with Crippen molar-refractivity contribution in [3.8, 4) is 17.3 Å². The van der Waals surface area contributed by atoms with Crippen molar-refractivity contribution in [1.29, 1.82) is 0 Å². The number of hydrogen-bond acceptors (Lipinski definition) is 6. The standard InChI is InChI=1S/C23H25N5O2.ClH/c1-15(27-12-11-23(2,29)14-27)17-8-10-20-25-26-22(28(20)13-17)18-9-7-16-5-4-6-19(30-3)21(16)24-18;/h4-10,13,15,29H,11-12,14H2,1-3H3;1H/t15-,23?;/m0./s1. The van der Waals surface area contributed by atoms with Crippen molar-refractivity contribution in [2.45, 2.75) is 31.9 Å². The maximum absolute atomic E-state index is 10.3. The summed E-state index contributed by atoms with van der Waals surface area (Å²) in [5, 5.41) is 20.1. The molecule has 0 radical (unpaired) electrons. The molecule has 8 heteroatoms. The van der Waals surface area contributed by atoms with Crippen molar-refractivity contribution in [3.63, 3.8) is 0 Å². The van der Waals surface area contributed by atoms with Crippen LogP contribution >= 0.6 is 12.4 Å². The number of ether oxygens (including phenoxy) is 1. The number of likely N-dealkylation sites (tertiary alicyclic amines) is 1. The highest BCUT2D eigenvalue weighted by Crippen LogP contribution is 2.31. The lowest BCUT2D eigenvalue weighted by Gasteiger charge is -2.26. The fourth-order valence-corrected chi connectivity index (χ4v) is 4.26. The molecule has 4 heterocycles. The predicted molar refractivity (Wildman–Crippen MR) is 123 cm³/mol. The zero-order valence-corrected chi connectivity index (χ0v) is 18.6. The van der Waals surface area contributed by atoms with E-state index in [1.54, 1.807) is 7.11 Å². The lowest BCUT2D eigenvalue weighted by atomic mass is 10.1. The molecule has 1 N–H and O–H groups in total. The Labute approximate surface area is 187 Å². The van der Waals surface area contributed by atoms with Crippen molar-refractivity contribution in [3.05, 3.63) is 54.2 Å². The second-order valence-electron chi connectivity index (χ2n) is 8.34. The zero-order chi connectivity index (χ0) is 20.9. The monoisotopic (exact) mass is 439 g/mol. The number of para-hydroxylation sites is 1. The molecular formula is C23H26ClN5O2. The molecule has 1 saturated heterocycles. The van der Waals surface area contributed by atoms with E-state index < -0.39 is 5.60 Å². The fourth-order valence-electron chi connectivity index (χ4n) is 4.26. The van der Waals surface area contributed by atoms with E-state index in [4.69, 9.17) is 9.72 Å². The molecule has 1 aliphatic rings. The molecule has 0 aliphatic carbocycles. The normalized spacial score (nSPS) is 20.1. The molecule has 1 fully saturated rings. The second-order valence-corrected chi connectivity index (χ2v) is 8.34. The Morgan fingerprint density at radius 3 is 2.71 bits per heavy atom. The molecule has 7 nitrogen and oxygen atoms in total. The molecule has 2 atom stereocenters. The summed E-state index contributed by atoms with van der Waals surface area (Å²) in [4.78, 5) is 7.13. The van der Waals surface area contributed by atoms with Gasteiger partial charge in [0.05, 0.1) is 12.7 Å². The van der Waals surface area contributed by atoms with Crippen LogP contribution in [-0.2, 0) is 0 Å². The highest BCUT2D eigenvalue weighted by molar-refractivity contribution is 5.86. The minimum absolute atomic E-state index is 0. The number of nitrogens with zero attached hydrogens (tertiary/aromatic N) is 5. The van der Waals surface area contributed by atoms with Crippen LogP contribution in [0.15, 0.2) is 48.7 Å². The largest absolute Gasteiger partial charge is 0.494 e. The number of aromatic nitrogens is 4. The summed E-state index contributed by atoms with van der Waals surface area (Å²) >= 11 is 0. The molecule has 1 aromatic carbocycles. The first kappa shape index (κ1) is 21.5. The van der Waals surface area contributed by atoms with Crippen molar-refractivity contribution < 1.29 is 9.84 Å². The molecule has 4 aromatic rings. The quantitative estimate of drug-likeness (QED) is 0.520. The van der Waals surface area contributed by atoms with Gasteiger partial charge in [-0.15, -0.1) is 22.6 Å². The van der Waals surface area contributed by atoms with Gasteiger partial charge in [0.25, 0.3) is 0 Å². The number of hydrogen-bond donors (Lipinski definition) is 1. The summed E-state index contributed by atoms with van der Waals surface area (Å²) in [5.74, 6) is 1.43. The molecule has 3 aromatic heterocycles. The average Bonchev–Trinajstić information content (AvgIpc) is 3.34. The van der Waals surface area contributed by atoms with E-state index in [-0.39, 0.29) is 18.4 Å². The SMILES string of the molecule is COc1cccc2ccc(-c3nnc4ccc([C@H](C)N5CCC(C)(O)C5)cn34)nc12.Cl. The first-order chi connectivity index (χ1) is 14.4. The van der Waals surface area contributed by atoms with Gasteiger partial charge in [-0.1, -0.05) is 24.3 Å². The van der Waals surface area contributed by atoms with Crippen LogP contribution in [0.25, 0.3) is 28.1 Å². The van der Waals surface area contributed by atoms with E-state index in [0.717, 1.165) is 46.5 Å². The first-order valence-electron chi connectivity index (χ1n) is 10.2. The van der Waals surface area contributed by atoms with Crippen LogP contribution in [0.3, 0.4) is 0 Å². The van der Waals surface area contributed by atoms with Crippen molar-refractivity contribution in [2.75, 3.05) is 20.2 Å². The molecule has 1 unspecified atom stereocenters. The summed E-state index contributed by atoms with van der Waals surface area (Å²) in [5.41, 5.74) is 2.86. The summed E-state index contributed by atoms with van der Waals surface area (Å²) in [6, 6.07) is 14.1. The molecule has 31 heavy (non-hydrogen) atoms. The summed E-state index contributed by atoms with van der Waals surface area (Å²) in [6.07, 6.45) is 2.87. The fraction of sp³-hybridized carbons (Fsp3) is 0.348. The van der Waals surface area contributed by atoms with Gasteiger partial charge in [0.15, 0.2) is 11.5 Å². The Morgan fingerprint density at radius 2 is 1.97 bits per heavy atom. The van der Waals surface area contributed by atoms with Crippen molar-refractivity contribution in [1.82, 2.24) is 24.5 Å². The van der Waals surface area contributed by atoms with E-state index in [1.165, 1.54) is 0 Å². The molecule has 5 rings (SSSR count). The Hall–Kier alpha value is -2.74. The number of halogens is 1. The molecule has 0 spiro atoms. The minimum Gasteiger partial charge on any atom is -0.494 e. The second kappa shape index (κ2) is 8.07. The summed E-state index contributed by atoms with van der Waals surface area (Å²) in [6.45, 7) is 5.63. The van der Waals surface area contributed by atoms with E-state index in [1.807, 2.05) is 47.7 Å². The lowest BCUT2D eigenvalue weighted by molar-refractivity contribution is 0.0633. The van der Waals surface area contributed by atoms with Crippen LogP contribution in [0.4, 0.5) is 0 Å². The van der Waals surface area contributed by atoms with Gasteiger partial charge in [-0.05, 0) is 44.0 Å². The Balaban J connectivity index is 0.00000231. The molecule has 1 aliphatic heterocycles. The third-order valence-electron chi connectivity index (χ3n) is 6.07. The van der Waals surface area contributed by atoms with Gasteiger partial charge in [-0.25, -0.2) is 4.98 Å². The maximum atomic E-state index is 10.3. The number of fused-ring (bicyclic) bond motifs is 2. The minimum atomic E-state index is -0.617. The van der Waals surface area contributed by atoms with Gasteiger partial charge in [-0.3, -0.25) is 9.30 Å². The van der Waals surface area contributed by atoms with Crippen LogP contribution in [0.2, 0.25) is 0 Å². The lowest BCUT2D eigenvalue weighted by Crippen LogP contribution is -2.31. The van der Waals surface area contributed by atoms with Crippen LogP contribution in [-0.4, -0.2) is 55.4 Å². The number of pyridine rings is 2. The highest BCUT2D eigenvalue weighted by Gasteiger charge is 2.34. The smallest absolute Gasteiger partial charge is 0.187 e. The van der Waals surface area contributed by atoms with Gasteiger partial charge in [-0.2, -0.15) is 0 Å². The molecule has 0 saturated carbocycles. The number of aliphatic hydroxyl groups is 1. The predicted octanol–water partition coefficient (Wildman–Crippen LogP) is 3.89. The zero-order valence-electron chi connectivity index (χ0n) is 17.8. The Morgan fingerprint density at radius 1 is 1.13 bits per heavy atom. The number of β-amino-alcohol motifs (C(OH)–C–C–N with tert-alkyl or cyclic N) is 1. The van der Waals surface area contributed by atoms with Crippen LogP contribution < -0.4 is 4.74 Å². The highest BCUT2D eigenvalue weighted by atomic mass is 35.5. The maximum Gasteiger partial charge on any atom is 0.187 e. The van der Waals surface area contributed by atoms with Crippen LogP contribution in [0.5, 0.6) is 5.75 Å². The van der Waals surface area contributed by atoms with Gasteiger partial charge in [0, 0.05) is 30.7 Å². The molecule has 0 amide bonds. The van der Waals surface area contributed by atoms with E-state index in [2.05, 4.69) is 34.3 Å². The van der Waals surface area contributed by atoms with Crippen molar-refractivity contribution in [2.24, 2.45) is 0 Å². The van der Waals surface area contributed by atoms with E-state index in [0.29, 0.717) is 12.4 Å². The molecule has 0 bridgehead atoms. The number of methoxy groups -OCH3 is 1. The molecule has 162 valence electrons.